The van der Waals surface area contributed by atoms with Crippen molar-refractivity contribution >= 4 is 28.9 Å². The molecule has 26 heavy (non-hydrogen) atoms. The molecule has 0 atom stereocenters. The molecule has 0 bridgehead atoms. The third-order valence-corrected chi connectivity index (χ3v) is 4.95. The summed E-state index contributed by atoms with van der Waals surface area (Å²) < 4.78 is 0. The predicted molar refractivity (Wildman–Crippen MR) is 102 cm³/mol. The summed E-state index contributed by atoms with van der Waals surface area (Å²) in [7, 11) is 1.66. The van der Waals surface area contributed by atoms with E-state index in [4.69, 9.17) is 11.6 Å². The van der Waals surface area contributed by atoms with Crippen LogP contribution in [0.3, 0.4) is 0 Å². The van der Waals surface area contributed by atoms with Crippen LogP contribution in [0, 0.1) is 10.1 Å². The first-order chi connectivity index (χ1) is 12.5. The fraction of sp³-hybridized carbons (Fsp3) is 0.316. The van der Waals surface area contributed by atoms with Crippen molar-refractivity contribution in [3.05, 3.63) is 68.7 Å². The first-order valence-corrected chi connectivity index (χ1v) is 8.87. The molecule has 2 aromatic rings. The molecule has 0 unspecified atom stereocenters. The minimum atomic E-state index is -0.418. The molecule has 0 saturated carbocycles. The average molecular weight is 374 g/mol. The van der Waals surface area contributed by atoms with E-state index in [0.29, 0.717) is 22.8 Å². The summed E-state index contributed by atoms with van der Waals surface area (Å²) in [5.74, 6) is -0.277. The Morgan fingerprint density at radius 2 is 1.92 bits per heavy atom. The molecule has 1 amide bonds. The van der Waals surface area contributed by atoms with Crippen LogP contribution in [0.4, 0.5) is 11.4 Å². The Morgan fingerprint density at radius 1 is 1.23 bits per heavy atom. The standard InChI is InChI=1S/C19H20ClN3O3/c1-21(13-15-6-2-3-7-16(15)20)19(24)14-8-9-17(18(12-14)23(25)26)22-10-4-5-11-22/h2-3,6-9,12H,4-5,10-11,13H2,1H3. The number of carbonyl (C=O) groups is 1. The Morgan fingerprint density at radius 3 is 2.58 bits per heavy atom. The van der Waals surface area contributed by atoms with Gasteiger partial charge < -0.3 is 9.80 Å². The summed E-state index contributed by atoms with van der Waals surface area (Å²) in [4.78, 5) is 27.3. The van der Waals surface area contributed by atoms with E-state index in [9.17, 15) is 14.9 Å². The number of anilines is 1. The van der Waals surface area contributed by atoms with Crippen molar-refractivity contribution in [3.8, 4) is 0 Å². The van der Waals surface area contributed by atoms with Gasteiger partial charge in [-0.2, -0.15) is 0 Å². The van der Waals surface area contributed by atoms with Crippen molar-refractivity contribution in [1.82, 2.24) is 4.90 Å². The molecule has 1 heterocycles. The monoisotopic (exact) mass is 373 g/mol. The highest BCUT2D eigenvalue weighted by molar-refractivity contribution is 6.31. The molecule has 1 aliphatic rings. The maximum atomic E-state index is 12.7. The van der Waals surface area contributed by atoms with Crippen molar-refractivity contribution in [2.24, 2.45) is 0 Å². The van der Waals surface area contributed by atoms with Gasteiger partial charge in [-0.05, 0) is 36.6 Å². The molecular weight excluding hydrogens is 354 g/mol. The van der Waals surface area contributed by atoms with Gasteiger partial charge in [-0.3, -0.25) is 14.9 Å². The Kier molecular flexibility index (Phi) is 5.42. The van der Waals surface area contributed by atoms with Gasteiger partial charge in [-0.25, -0.2) is 0 Å². The fourth-order valence-electron chi connectivity index (χ4n) is 3.20. The van der Waals surface area contributed by atoms with Crippen molar-refractivity contribution < 1.29 is 9.72 Å². The second-order valence-corrected chi connectivity index (χ2v) is 6.81. The molecule has 3 rings (SSSR count). The molecule has 1 aliphatic heterocycles. The van der Waals surface area contributed by atoms with Gasteiger partial charge in [-0.15, -0.1) is 0 Å². The van der Waals surface area contributed by atoms with E-state index in [0.717, 1.165) is 31.5 Å². The smallest absolute Gasteiger partial charge is 0.293 e. The lowest BCUT2D eigenvalue weighted by Crippen LogP contribution is -2.26. The zero-order chi connectivity index (χ0) is 18.7. The Labute approximate surface area is 157 Å². The second kappa shape index (κ2) is 7.74. The molecule has 0 aliphatic carbocycles. The van der Waals surface area contributed by atoms with Crippen molar-refractivity contribution in [1.29, 1.82) is 0 Å². The maximum absolute atomic E-state index is 12.7. The summed E-state index contributed by atoms with van der Waals surface area (Å²) in [5, 5.41) is 12.1. The van der Waals surface area contributed by atoms with Crippen LogP contribution in [0.2, 0.25) is 5.02 Å². The summed E-state index contributed by atoms with van der Waals surface area (Å²) in [5.41, 5.74) is 1.68. The summed E-state index contributed by atoms with van der Waals surface area (Å²) in [6.07, 6.45) is 2.05. The fourth-order valence-corrected chi connectivity index (χ4v) is 3.40. The molecule has 1 saturated heterocycles. The average Bonchev–Trinajstić information content (AvgIpc) is 3.17. The highest BCUT2D eigenvalue weighted by Gasteiger charge is 2.24. The van der Waals surface area contributed by atoms with Gasteiger partial charge in [0.15, 0.2) is 0 Å². The highest BCUT2D eigenvalue weighted by Crippen LogP contribution is 2.32. The topological polar surface area (TPSA) is 66.7 Å². The molecule has 0 N–H and O–H groups in total. The highest BCUT2D eigenvalue weighted by atomic mass is 35.5. The number of rotatable bonds is 5. The van der Waals surface area contributed by atoms with Gasteiger partial charge in [0.05, 0.1) is 4.92 Å². The molecule has 136 valence electrons. The number of hydrogen-bond donors (Lipinski definition) is 0. The number of amides is 1. The number of nitrogens with zero attached hydrogens (tertiary/aromatic N) is 3. The van der Waals surface area contributed by atoms with E-state index in [2.05, 4.69) is 0 Å². The Bertz CT molecular complexity index is 835. The normalized spacial score (nSPS) is 13.7. The van der Waals surface area contributed by atoms with Gasteiger partial charge in [0, 0.05) is 43.3 Å². The van der Waals surface area contributed by atoms with E-state index in [1.165, 1.54) is 11.0 Å². The Balaban J connectivity index is 1.83. The van der Waals surface area contributed by atoms with Crippen LogP contribution in [0.25, 0.3) is 0 Å². The lowest BCUT2D eigenvalue weighted by atomic mass is 10.1. The zero-order valence-corrected chi connectivity index (χ0v) is 15.3. The maximum Gasteiger partial charge on any atom is 0.293 e. The van der Waals surface area contributed by atoms with Crippen molar-refractivity contribution in [2.75, 3.05) is 25.0 Å². The van der Waals surface area contributed by atoms with E-state index in [-0.39, 0.29) is 11.6 Å². The van der Waals surface area contributed by atoms with Crippen molar-refractivity contribution in [2.45, 2.75) is 19.4 Å². The largest absolute Gasteiger partial charge is 0.366 e. The molecule has 2 aromatic carbocycles. The van der Waals surface area contributed by atoms with Crippen LogP contribution < -0.4 is 4.90 Å². The van der Waals surface area contributed by atoms with Gasteiger partial charge in [0.25, 0.3) is 11.6 Å². The van der Waals surface area contributed by atoms with Crippen LogP contribution in [-0.4, -0.2) is 35.9 Å². The Hall–Kier alpha value is -2.60. The van der Waals surface area contributed by atoms with Gasteiger partial charge in [0.2, 0.25) is 0 Å². The van der Waals surface area contributed by atoms with Crippen LogP contribution in [0.5, 0.6) is 0 Å². The van der Waals surface area contributed by atoms with E-state index >= 15 is 0 Å². The third-order valence-electron chi connectivity index (χ3n) is 4.58. The lowest BCUT2D eigenvalue weighted by Gasteiger charge is -2.20. The van der Waals surface area contributed by atoms with Gasteiger partial charge >= 0.3 is 0 Å². The SMILES string of the molecule is CN(Cc1ccccc1Cl)C(=O)c1ccc(N2CCCC2)c([N+](=O)[O-])c1. The second-order valence-electron chi connectivity index (χ2n) is 6.41. The van der Waals surface area contributed by atoms with Crippen LogP contribution in [0.1, 0.15) is 28.8 Å². The first kappa shape index (κ1) is 18.2. The zero-order valence-electron chi connectivity index (χ0n) is 14.5. The minimum Gasteiger partial charge on any atom is -0.366 e. The minimum absolute atomic E-state index is 0.0242. The lowest BCUT2D eigenvalue weighted by molar-refractivity contribution is -0.384. The molecular formula is C19H20ClN3O3. The van der Waals surface area contributed by atoms with E-state index in [1.807, 2.05) is 23.1 Å². The number of nitro benzene ring substituents is 1. The van der Waals surface area contributed by atoms with Crippen LogP contribution >= 0.6 is 11.6 Å². The molecule has 0 aromatic heterocycles. The van der Waals surface area contributed by atoms with Crippen molar-refractivity contribution in [3.63, 3.8) is 0 Å². The van der Waals surface area contributed by atoms with Crippen LogP contribution in [0.15, 0.2) is 42.5 Å². The number of halogens is 1. The number of carbonyl (C=O) groups excluding carboxylic acids is 1. The van der Waals surface area contributed by atoms with E-state index in [1.54, 1.807) is 25.2 Å². The summed E-state index contributed by atoms with van der Waals surface area (Å²) in [6.45, 7) is 1.95. The molecule has 7 heteroatoms. The molecule has 0 spiro atoms. The number of nitro groups is 1. The summed E-state index contributed by atoms with van der Waals surface area (Å²) in [6, 6.07) is 12.0. The summed E-state index contributed by atoms with van der Waals surface area (Å²) >= 11 is 6.15. The van der Waals surface area contributed by atoms with Gasteiger partial charge in [0.1, 0.15) is 5.69 Å². The number of benzene rings is 2. The first-order valence-electron chi connectivity index (χ1n) is 8.49. The van der Waals surface area contributed by atoms with E-state index < -0.39 is 4.92 Å². The van der Waals surface area contributed by atoms with Crippen LogP contribution in [-0.2, 0) is 6.54 Å². The third kappa shape index (κ3) is 3.80. The number of hydrogen-bond acceptors (Lipinski definition) is 4. The molecule has 6 nitrogen and oxygen atoms in total. The molecule has 1 fully saturated rings. The predicted octanol–water partition coefficient (Wildman–Crippen LogP) is 4.12. The molecule has 0 radical (unpaired) electrons. The van der Waals surface area contributed by atoms with Gasteiger partial charge in [-0.1, -0.05) is 29.8 Å². The quantitative estimate of drug-likeness (QED) is 0.584.